The highest BCUT2D eigenvalue weighted by Crippen LogP contribution is 2.17. The first kappa shape index (κ1) is 22.2. The number of rotatable bonds is 6. The van der Waals surface area contributed by atoms with Gasteiger partial charge >= 0.3 is 0 Å². The van der Waals surface area contributed by atoms with Crippen LogP contribution >= 0.6 is 23.2 Å². The number of ether oxygens (including phenoxy) is 1. The molecule has 3 rings (SSSR count). The van der Waals surface area contributed by atoms with Crippen LogP contribution in [0.2, 0.25) is 10.0 Å². The second kappa shape index (κ2) is 9.11. The topological polar surface area (TPSA) is 93.5 Å². The van der Waals surface area contributed by atoms with Crippen LogP contribution in [0.15, 0.2) is 40.2 Å². The van der Waals surface area contributed by atoms with Crippen LogP contribution in [0.1, 0.15) is 13.8 Å². The van der Waals surface area contributed by atoms with Gasteiger partial charge in [0.2, 0.25) is 10.0 Å². The third-order valence-electron chi connectivity index (χ3n) is 4.48. The van der Waals surface area contributed by atoms with Gasteiger partial charge in [-0.15, -0.1) is 0 Å². The van der Waals surface area contributed by atoms with Crippen LogP contribution < -0.4 is 10.3 Å². The monoisotopic (exact) mass is 460 g/mol. The lowest BCUT2D eigenvalue weighted by Gasteiger charge is -2.35. The van der Waals surface area contributed by atoms with E-state index in [9.17, 15) is 13.2 Å². The fraction of sp³-hybridized carbons (Fsp3) is 0.444. The summed E-state index contributed by atoms with van der Waals surface area (Å²) in [6, 6.07) is 5.79. The molecular formula is C18H22Cl2N4O4S. The van der Waals surface area contributed by atoms with Gasteiger partial charge in [0, 0.05) is 26.2 Å². The summed E-state index contributed by atoms with van der Waals surface area (Å²) in [7, 11) is -3.67. The summed E-state index contributed by atoms with van der Waals surface area (Å²) < 4.78 is 34.4. The number of morpholine rings is 1. The number of benzene rings is 1. The molecule has 2 aromatic rings. The number of halogens is 2. The Morgan fingerprint density at radius 3 is 2.41 bits per heavy atom. The van der Waals surface area contributed by atoms with Gasteiger partial charge in [-0.2, -0.15) is 9.78 Å². The zero-order chi connectivity index (χ0) is 21.2. The third-order valence-corrected chi connectivity index (χ3v) is 6.71. The van der Waals surface area contributed by atoms with Crippen LogP contribution in [-0.4, -0.2) is 61.5 Å². The molecule has 8 nitrogen and oxygen atoms in total. The van der Waals surface area contributed by atoms with Crippen molar-refractivity contribution in [1.29, 1.82) is 0 Å². The van der Waals surface area contributed by atoms with E-state index in [1.807, 2.05) is 13.8 Å². The lowest BCUT2D eigenvalue weighted by Crippen LogP contribution is -2.47. The second-order valence-corrected chi connectivity index (χ2v) is 9.48. The summed E-state index contributed by atoms with van der Waals surface area (Å²) in [4.78, 5) is 14.4. The number of sulfonamides is 1. The first-order valence-electron chi connectivity index (χ1n) is 9.08. The molecule has 1 saturated heterocycles. The SMILES string of the molecule is CC1CN(CCNS(=O)(=O)c2ccc(-n3ncc(Cl)c(Cl)c3=O)cc2)CC(C)O1. The molecule has 2 heterocycles. The van der Waals surface area contributed by atoms with Crippen LogP contribution in [0.25, 0.3) is 5.69 Å². The van der Waals surface area contributed by atoms with Gasteiger partial charge in [-0.25, -0.2) is 13.1 Å². The number of nitrogens with zero attached hydrogens (tertiary/aromatic N) is 3. The maximum atomic E-state index is 12.5. The molecule has 1 aromatic heterocycles. The van der Waals surface area contributed by atoms with Gasteiger partial charge in [-0.1, -0.05) is 23.2 Å². The van der Waals surface area contributed by atoms with E-state index in [2.05, 4.69) is 14.7 Å². The largest absolute Gasteiger partial charge is 0.373 e. The van der Waals surface area contributed by atoms with Gasteiger partial charge in [0.25, 0.3) is 5.56 Å². The number of nitrogens with one attached hydrogen (secondary N) is 1. The molecule has 0 radical (unpaired) electrons. The Kier molecular flexibility index (Phi) is 6.98. The van der Waals surface area contributed by atoms with Gasteiger partial charge in [-0.05, 0) is 38.1 Å². The Bertz CT molecular complexity index is 1020. The lowest BCUT2D eigenvalue weighted by atomic mass is 10.2. The fourth-order valence-corrected chi connectivity index (χ4v) is 4.53. The molecule has 1 fully saturated rings. The highest BCUT2D eigenvalue weighted by molar-refractivity contribution is 7.89. The summed E-state index contributed by atoms with van der Waals surface area (Å²) in [5, 5.41) is 3.83. The minimum absolute atomic E-state index is 0.0559. The number of aromatic nitrogens is 2. The molecule has 0 amide bonds. The van der Waals surface area contributed by atoms with Crippen molar-refractivity contribution >= 4 is 33.2 Å². The lowest BCUT2D eigenvalue weighted by molar-refractivity contribution is -0.0671. The summed E-state index contributed by atoms with van der Waals surface area (Å²) in [6.45, 7) is 6.43. The smallest absolute Gasteiger partial charge is 0.291 e. The molecule has 0 bridgehead atoms. The minimum Gasteiger partial charge on any atom is -0.373 e. The quantitative estimate of drug-likeness (QED) is 0.707. The van der Waals surface area contributed by atoms with Crippen molar-refractivity contribution in [2.45, 2.75) is 31.0 Å². The van der Waals surface area contributed by atoms with E-state index in [-0.39, 0.29) is 33.7 Å². The van der Waals surface area contributed by atoms with E-state index in [1.54, 1.807) is 0 Å². The van der Waals surface area contributed by atoms with Gasteiger partial charge in [0.1, 0.15) is 5.02 Å². The van der Waals surface area contributed by atoms with Gasteiger partial charge in [0.05, 0.1) is 34.0 Å². The maximum Gasteiger partial charge on any atom is 0.291 e. The summed E-state index contributed by atoms with van der Waals surface area (Å²) in [5.74, 6) is 0. The maximum absolute atomic E-state index is 12.5. The van der Waals surface area contributed by atoms with Crippen LogP contribution in [0, 0.1) is 0 Å². The van der Waals surface area contributed by atoms with Gasteiger partial charge in [-0.3, -0.25) is 9.69 Å². The highest BCUT2D eigenvalue weighted by atomic mass is 35.5. The predicted octanol–water partition coefficient (Wildman–Crippen LogP) is 1.93. The van der Waals surface area contributed by atoms with Crippen molar-refractivity contribution in [2.75, 3.05) is 26.2 Å². The summed E-state index contributed by atoms with van der Waals surface area (Å²) >= 11 is 11.6. The van der Waals surface area contributed by atoms with E-state index in [0.717, 1.165) is 17.8 Å². The molecule has 0 aliphatic carbocycles. The average molecular weight is 461 g/mol. The minimum atomic E-state index is -3.67. The van der Waals surface area contributed by atoms with Crippen molar-refractivity contribution in [3.05, 3.63) is 50.9 Å². The molecule has 0 spiro atoms. The van der Waals surface area contributed by atoms with Crippen LogP contribution in [0.3, 0.4) is 0 Å². The Hall–Kier alpha value is -1.49. The highest BCUT2D eigenvalue weighted by Gasteiger charge is 2.22. The van der Waals surface area contributed by atoms with Crippen LogP contribution in [0.4, 0.5) is 0 Å². The van der Waals surface area contributed by atoms with Gasteiger partial charge in [0.15, 0.2) is 0 Å². The normalized spacial score (nSPS) is 20.7. The standard InChI is InChI=1S/C18H22Cl2N4O4S/c1-12-10-23(11-13(2)28-12)8-7-22-29(26,27)15-5-3-14(4-6-15)24-18(25)17(20)16(19)9-21-24/h3-6,9,12-13,22H,7-8,10-11H2,1-2H3. The molecule has 0 saturated carbocycles. The third kappa shape index (κ3) is 5.36. The van der Waals surface area contributed by atoms with Crippen molar-refractivity contribution in [2.24, 2.45) is 0 Å². The van der Waals surface area contributed by atoms with Crippen molar-refractivity contribution in [3.63, 3.8) is 0 Å². The molecular weight excluding hydrogens is 439 g/mol. The van der Waals surface area contributed by atoms with E-state index < -0.39 is 15.6 Å². The first-order valence-corrected chi connectivity index (χ1v) is 11.3. The van der Waals surface area contributed by atoms with Crippen LogP contribution in [0.5, 0.6) is 0 Å². The van der Waals surface area contributed by atoms with Crippen molar-refractivity contribution in [3.8, 4) is 5.69 Å². The Balaban J connectivity index is 1.66. The van der Waals surface area contributed by atoms with E-state index in [4.69, 9.17) is 27.9 Å². The molecule has 11 heteroatoms. The second-order valence-electron chi connectivity index (χ2n) is 6.93. The summed E-state index contributed by atoms with van der Waals surface area (Å²) in [5.41, 5.74) is -0.203. The van der Waals surface area contributed by atoms with E-state index >= 15 is 0 Å². The zero-order valence-electron chi connectivity index (χ0n) is 16.0. The van der Waals surface area contributed by atoms with E-state index in [0.29, 0.717) is 12.2 Å². The number of hydrogen-bond donors (Lipinski definition) is 1. The molecule has 2 unspecified atom stereocenters. The van der Waals surface area contributed by atoms with Gasteiger partial charge < -0.3 is 4.74 Å². The Morgan fingerprint density at radius 2 is 1.79 bits per heavy atom. The first-order chi connectivity index (χ1) is 13.7. The van der Waals surface area contributed by atoms with Crippen molar-refractivity contribution < 1.29 is 13.2 Å². The predicted molar refractivity (Wildman–Crippen MR) is 111 cm³/mol. The Labute approximate surface area is 179 Å². The molecule has 1 aliphatic rings. The molecule has 1 N–H and O–H groups in total. The van der Waals surface area contributed by atoms with Crippen LogP contribution in [-0.2, 0) is 14.8 Å². The molecule has 2 atom stereocenters. The zero-order valence-corrected chi connectivity index (χ0v) is 18.3. The Morgan fingerprint density at radius 1 is 1.17 bits per heavy atom. The number of hydrogen-bond acceptors (Lipinski definition) is 6. The van der Waals surface area contributed by atoms with Crippen molar-refractivity contribution in [1.82, 2.24) is 19.4 Å². The van der Waals surface area contributed by atoms with E-state index in [1.165, 1.54) is 30.5 Å². The summed E-state index contributed by atoms with van der Waals surface area (Å²) in [6.07, 6.45) is 1.51. The molecule has 1 aliphatic heterocycles. The fourth-order valence-electron chi connectivity index (χ4n) is 3.25. The molecule has 158 valence electrons. The molecule has 29 heavy (non-hydrogen) atoms. The molecule has 1 aromatic carbocycles. The average Bonchev–Trinajstić information content (AvgIpc) is 2.65.